The second kappa shape index (κ2) is 3.84. The van der Waals surface area contributed by atoms with Crippen molar-refractivity contribution in [1.82, 2.24) is 0 Å². The van der Waals surface area contributed by atoms with E-state index >= 15 is 0 Å². The molecular weight excluding hydrogens is 110 g/mol. The average molecular weight is 121 g/mol. The van der Waals surface area contributed by atoms with E-state index in [9.17, 15) is 0 Å². The van der Waals surface area contributed by atoms with Gasteiger partial charge in [-0.15, -0.1) is 0 Å². The molecule has 0 fully saturated rings. The zero-order valence-corrected chi connectivity index (χ0v) is 5.72. The first-order valence-corrected chi connectivity index (χ1v) is 2.67. The van der Waals surface area contributed by atoms with Crippen molar-refractivity contribution >= 4 is 6.21 Å². The van der Waals surface area contributed by atoms with Gasteiger partial charge in [-0.05, 0) is 18.6 Å². The maximum absolute atomic E-state index is 3.91. The van der Waals surface area contributed by atoms with E-state index in [0.29, 0.717) is 5.70 Å². The van der Waals surface area contributed by atoms with Crippen molar-refractivity contribution in [2.45, 2.75) is 6.92 Å². The van der Waals surface area contributed by atoms with Crippen LogP contribution in [0.2, 0.25) is 0 Å². The molecule has 0 unspecified atom stereocenters. The predicted molar refractivity (Wildman–Crippen MR) is 42.6 cm³/mol. The SMILES string of the molecule is C=CC(=C)/N=C\C(=C)C. The highest BCUT2D eigenvalue weighted by Crippen LogP contribution is 1.91. The Morgan fingerprint density at radius 1 is 1.44 bits per heavy atom. The van der Waals surface area contributed by atoms with E-state index in [1.807, 2.05) is 6.92 Å². The monoisotopic (exact) mass is 121 g/mol. The van der Waals surface area contributed by atoms with E-state index < -0.39 is 0 Å². The molecule has 0 radical (unpaired) electrons. The highest BCUT2D eigenvalue weighted by Gasteiger charge is 1.76. The molecule has 0 saturated heterocycles. The number of hydrogen-bond acceptors (Lipinski definition) is 1. The van der Waals surface area contributed by atoms with Gasteiger partial charge in [-0.25, -0.2) is 0 Å². The lowest BCUT2D eigenvalue weighted by Gasteiger charge is -1.86. The summed E-state index contributed by atoms with van der Waals surface area (Å²) in [4.78, 5) is 3.91. The minimum atomic E-state index is 0.665. The van der Waals surface area contributed by atoms with Crippen LogP contribution in [-0.2, 0) is 0 Å². The molecule has 0 aliphatic carbocycles. The van der Waals surface area contributed by atoms with Crippen molar-refractivity contribution in [2.24, 2.45) is 4.99 Å². The molecule has 48 valence electrons. The van der Waals surface area contributed by atoms with Crippen LogP contribution in [0.25, 0.3) is 0 Å². The van der Waals surface area contributed by atoms with Gasteiger partial charge in [-0.3, -0.25) is 4.99 Å². The molecule has 0 aliphatic heterocycles. The molecule has 0 heterocycles. The first-order chi connectivity index (χ1) is 4.16. The lowest BCUT2D eigenvalue weighted by atomic mass is 10.4. The Kier molecular flexibility index (Phi) is 3.37. The quantitative estimate of drug-likeness (QED) is 0.401. The van der Waals surface area contributed by atoms with Gasteiger partial charge in [-0.1, -0.05) is 19.7 Å². The summed E-state index contributed by atoms with van der Waals surface area (Å²) >= 11 is 0. The van der Waals surface area contributed by atoms with Crippen LogP contribution < -0.4 is 0 Å². The van der Waals surface area contributed by atoms with E-state index in [4.69, 9.17) is 0 Å². The zero-order chi connectivity index (χ0) is 7.28. The van der Waals surface area contributed by atoms with Gasteiger partial charge in [-0.2, -0.15) is 0 Å². The molecule has 0 aromatic heterocycles. The molecular formula is C8H11N. The maximum atomic E-state index is 3.91. The molecule has 0 atom stereocenters. The lowest BCUT2D eigenvalue weighted by molar-refractivity contribution is 1.44. The minimum Gasteiger partial charge on any atom is -0.257 e. The normalized spacial score (nSPS) is 9.44. The second-order valence-corrected chi connectivity index (χ2v) is 1.80. The van der Waals surface area contributed by atoms with E-state index in [1.54, 1.807) is 12.3 Å². The molecule has 0 spiro atoms. The molecule has 0 N–H and O–H groups in total. The third-order valence-corrected chi connectivity index (χ3v) is 0.686. The van der Waals surface area contributed by atoms with Crippen LogP contribution in [0.3, 0.4) is 0 Å². The fourth-order valence-electron chi connectivity index (χ4n) is 0.246. The molecule has 0 amide bonds. The second-order valence-electron chi connectivity index (χ2n) is 1.80. The van der Waals surface area contributed by atoms with Gasteiger partial charge in [0.25, 0.3) is 0 Å². The van der Waals surface area contributed by atoms with Crippen LogP contribution in [0.5, 0.6) is 0 Å². The zero-order valence-electron chi connectivity index (χ0n) is 5.72. The predicted octanol–water partition coefficient (Wildman–Crippen LogP) is 2.33. The van der Waals surface area contributed by atoms with Crippen LogP contribution in [0.15, 0.2) is 42.1 Å². The number of aliphatic imine (C=N–C) groups is 1. The van der Waals surface area contributed by atoms with Gasteiger partial charge in [0.15, 0.2) is 0 Å². The van der Waals surface area contributed by atoms with Gasteiger partial charge in [0.05, 0.1) is 5.70 Å². The molecule has 0 aromatic rings. The van der Waals surface area contributed by atoms with E-state index in [2.05, 4.69) is 24.7 Å². The number of rotatable bonds is 3. The summed E-state index contributed by atoms with van der Waals surface area (Å²) in [7, 11) is 0. The largest absolute Gasteiger partial charge is 0.257 e. The topological polar surface area (TPSA) is 12.4 Å². The molecule has 0 aliphatic rings. The van der Waals surface area contributed by atoms with Crippen LogP contribution in [0.4, 0.5) is 0 Å². The molecule has 0 rings (SSSR count). The number of hydrogen-bond donors (Lipinski definition) is 0. The van der Waals surface area contributed by atoms with Crippen molar-refractivity contribution in [2.75, 3.05) is 0 Å². The van der Waals surface area contributed by atoms with Crippen molar-refractivity contribution < 1.29 is 0 Å². The fourth-order valence-corrected chi connectivity index (χ4v) is 0.246. The number of allylic oxidation sites excluding steroid dienone is 2. The lowest BCUT2D eigenvalue weighted by Crippen LogP contribution is -1.73. The van der Waals surface area contributed by atoms with Crippen LogP contribution in [0, 0.1) is 0 Å². The number of nitrogens with zero attached hydrogens (tertiary/aromatic N) is 1. The molecule has 1 nitrogen and oxygen atoms in total. The van der Waals surface area contributed by atoms with Gasteiger partial charge in [0.2, 0.25) is 0 Å². The standard InChI is InChI=1S/C8H11N/c1-5-8(4)9-6-7(2)3/h5-6H,1-2,4H2,3H3/b9-6-. The molecule has 1 heteroatoms. The summed E-state index contributed by atoms with van der Waals surface area (Å²) in [6.45, 7) is 12.6. The average Bonchev–Trinajstić information content (AvgIpc) is 1.83. The minimum absolute atomic E-state index is 0.665. The van der Waals surface area contributed by atoms with Gasteiger partial charge >= 0.3 is 0 Å². The summed E-state index contributed by atoms with van der Waals surface area (Å²) in [5.74, 6) is 0. The Balaban J connectivity index is 3.85. The first kappa shape index (κ1) is 7.89. The van der Waals surface area contributed by atoms with Gasteiger partial charge < -0.3 is 0 Å². The van der Waals surface area contributed by atoms with E-state index in [0.717, 1.165) is 5.57 Å². The Morgan fingerprint density at radius 3 is 2.33 bits per heavy atom. The van der Waals surface area contributed by atoms with E-state index in [-0.39, 0.29) is 0 Å². The smallest absolute Gasteiger partial charge is 0.0552 e. The summed E-state index contributed by atoms with van der Waals surface area (Å²) in [6, 6.07) is 0. The Morgan fingerprint density at radius 2 is 2.00 bits per heavy atom. The van der Waals surface area contributed by atoms with Gasteiger partial charge in [0.1, 0.15) is 0 Å². The Bertz CT molecular complexity index is 163. The summed E-state index contributed by atoms with van der Waals surface area (Å²) < 4.78 is 0. The summed E-state index contributed by atoms with van der Waals surface area (Å²) in [6.07, 6.45) is 3.25. The third-order valence-electron chi connectivity index (χ3n) is 0.686. The van der Waals surface area contributed by atoms with Crippen LogP contribution in [0.1, 0.15) is 6.92 Å². The molecule has 0 saturated carbocycles. The van der Waals surface area contributed by atoms with Crippen molar-refractivity contribution in [3.8, 4) is 0 Å². The molecule has 0 aromatic carbocycles. The van der Waals surface area contributed by atoms with Crippen LogP contribution >= 0.6 is 0 Å². The summed E-state index contributed by atoms with van der Waals surface area (Å²) in [5, 5.41) is 0. The fraction of sp³-hybridized carbons (Fsp3) is 0.125. The van der Waals surface area contributed by atoms with Crippen molar-refractivity contribution in [3.05, 3.63) is 37.1 Å². The molecule has 9 heavy (non-hydrogen) atoms. The Labute approximate surface area is 56.1 Å². The van der Waals surface area contributed by atoms with E-state index in [1.165, 1.54) is 0 Å². The highest BCUT2D eigenvalue weighted by molar-refractivity contribution is 5.77. The van der Waals surface area contributed by atoms with Crippen molar-refractivity contribution in [1.29, 1.82) is 0 Å². The van der Waals surface area contributed by atoms with Gasteiger partial charge in [0, 0.05) is 6.21 Å². The van der Waals surface area contributed by atoms with Crippen molar-refractivity contribution in [3.63, 3.8) is 0 Å². The summed E-state index contributed by atoms with van der Waals surface area (Å²) in [5.41, 5.74) is 1.58. The van der Waals surface area contributed by atoms with Crippen LogP contribution in [-0.4, -0.2) is 6.21 Å². The first-order valence-electron chi connectivity index (χ1n) is 2.67. The Hall–Kier alpha value is -1.11. The highest BCUT2D eigenvalue weighted by atomic mass is 14.7. The third kappa shape index (κ3) is 4.75. The maximum Gasteiger partial charge on any atom is 0.0552 e. The molecule has 0 bridgehead atoms.